The molecule has 0 aromatic carbocycles. The van der Waals surface area contributed by atoms with Crippen LogP contribution in [0.1, 0.15) is 58.8 Å². The molecule has 0 amide bonds. The predicted octanol–water partition coefficient (Wildman–Crippen LogP) is 3.36. The minimum atomic E-state index is 0.474. The third-order valence-electron chi connectivity index (χ3n) is 5.49. The van der Waals surface area contributed by atoms with E-state index in [-0.39, 0.29) is 0 Å². The van der Waals surface area contributed by atoms with Crippen molar-refractivity contribution < 1.29 is 4.74 Å². The highest BCUT2D eigenvalue weighted by molar-refractivity contribution is 5.04. The molecular weight excluding hydrogens is 222 g/mol. The van der Waals surface area contributed by atoms with Crippen molar-refractivity contribution in [2.45, 2.75) is 70.9 Å². The van der Waals surface area contributed by atoms with Gasteiger partial charge < -0.3 is 10.1 Å². The van der Waals surface area contributed by atoms with Gasteiger partial charge in [0, 0.05) is 24.6 Å². The Hall–Kier alpha value is -0.0800. The highest BCUT2D eigenvalue weighted by Crippen LogP contribution is 2.54. The SMILES string of the molecule is CC(C)NCC1(C2CCCC2)CCOC1C1CC1. The Morgan fingerprint density at radius 2 is 1.89 bits per heavy atom. The van der Waals surface area contributed by atoms with Crippen LogP contribution in [0.15, 0.2) is 0 Å². The summed E-state index contributed by atoms with van der Waals surface area (Å²) in [6, 6.07) is 0.601. The van der Waals surface area contributed by atoms with Gasteiger partial charge in [-0.05, 0) is 43.9 Å². The Morgan fingerprint density at radius 1 is 1.17 bits per heavy atom. The van der Waals surface area contributed by atoms with Gasteiger partial charge >= 0.3 is 0 Å². The Bertz CT molecular complexity index is 281. The van der Waals surface area contributed by atoms with Crippen molar-refractivity contribution in [1.82, 2.24) is 5.32 Å². The average Bonchev–Trinajstić information content (AvgIpc) is 2.90. The van der Waals surface area contributed by atoms with Crippen molar-refractivity contribution in [1.29, 1.82) is 0 Å². The van der Waals surface area contributed by atoms with Crippen LogP contribution in [0.2, 0.25) is 0 Å². The standard InChI is InChI=1S/C16H29NO/c1-12(2)17-11-16(14-5-3-4-6-14)9-10-18-15(16)13-7-8-13/h12-15,17H,3-11H2,1-2H3. The van der Waals surface area contributed by atoms with Crippen molar-refractivity contribution >= 4 is 0 Å². The van der Waals surface area contributed by atoms with Gasteiger partial charge in [0.05, 0.1) is 6.10 Å². The molecular formula is C16H29NO. The molecule has 2 nitrogen and oxygen atoms in total. The van der Waals surface area contributed by atoms with Crippen LogP contribution >= 0.6 is 0 Å². The third-order valence-corrected chi connectivity index (χ3v) is 5.49. The second-order valence-electron chi connectivity index (χ2n) is 7.13. The van der Waals surface area contributed by atoms with Crippen molar-refractivity contribution in [3.63, 3.8) is 0 Å². The Morgan fingerprint density at radius 3 is 2.50 bits per heavy atom. The second kappa shape index (κ2) is 5.13. The molecule has 0 aromatic rings. The summed E-state index contributed by atoms with van der Waals surface area (Å²) < 4.78 is 6.20. The van der Waals surface area contributed by atoms with Crippen molar-refractivity contribution in [2.24, 2.45) is 17.3 Å². The first kappa shape index (κ1) is 12.9. The van der Waals surface area contributed by atoms with E-state index in [2.05, 4.69) is 19.2 Å². The van der Waals surface area contributed by atoms with Crippen LogP contribution in [0.3, 0.4) is 0 Å². The van der Waals surface area contributed by atoms with Crippen LogP contribution in [0.4, 0.5) is 0 Å². The molecule has 1 heterocycles. The first-order valence-electron chi connectivity index (χ1n) is 8.07. The van der Waals surface area contributed by atoms with Gasteiger partial charge in [-0.2, -0.15) is 0 Å². The molecule has 1 saturated heterocycles. The third kappa shape index (κ3) is 2.34. The maximum atomic E-state index is 6.20. The van der Waals surface area contributed by atoms with Gasteiger partial charge in [-0.25, -0.2) is 0 Å². The lowest BCUT2D eigenvalue weighted by Crippen LogP contribution is -2.48. The summed E-state index contributed by atoms with van der Waals surface area (Å²) in [5.74, 6) is 1.82. The molecule has 0 aromatic heterocycles. The molecule has 2 heteroatoms. The molecule has 18 heavy (non-hydrogen) atoms. The van der Waals surface area contributed by atoms with E-state index in [1.807, 2.05) is 0 Å². The van der Waals surface area contributed by atoms with E-state index in [0.717, 1.165) is 18.4 Å². The van der Waals surface area contributed by atoms with Gasteiger partial charge in [0.2, 0.25) is 0 Å². The van der Waals surface area contributed by atoms with Crippen LogP contribution in [-0.4, -0.2) is 25.3 Å². The van der Waals surface area contributed by atoms with Crippen molar-refractivity contribution in [3.8, 4) is 0 Å². The predicted molar refractivity (Wildman–Crippen MR) is 74.6 cm³/mol. The fourth-order valence-corrected chi connectivity index (χ4v) is 4.35. The fraction of sp³-hybridized carbons (Fsp3) is 1.00. The zero-order valence-corrected chi connectivity index (χ0v) is 12.1. The lowest BCUT2D eigenvalue weighted by Gasteiger charge is -2.40. The minimum absolute atomic E-state index is 0.474. The first-order chi connectivity index (χ1) is 8.72. The van der Waals surface area contributed by atoms with Crippen LogP contribution in [0.5, 0.6) is 0 Å². The lowest BCUT2D eigenvalue weighted by molar-refractivity contribution is -0.000500. The van der Waals surface area contributed by atoms with Crippen LogP contribution in [0.25, 0.3) is 0 Å². The van der Waals surface area contributed by atoms with E-state index >= 15 is 0 Å². The first-order valence-corrected chi connectivity index (χ1v) is 8.07. The summed E-state index contributed by atoms with van der Waals surface area (Å²) >= 11 is 0. The summed E-state index contributed by atoms with van der Waals surface area (Å²) in [6.07, 6.45) is 10.5. The van der Waals surface area contributed by atoms with E-state index in [4.69, 9.17) is 4.74 Å². The summed E-state index contributed by atoms with van der Waals surface area (Å²) in [5, 5.41) is 3.74. The molecule has 2 aliphatic carbocycles. The highest BCUT2D eigenvalue weighted by atomic mass is 16.5. The minimum Gasteiger partial charge on any atom is -0.377 e. The number of nitrogens with one attached hydrogen (secondary N) is 1. The highest BCUT2D eigenvalue weighted by Gasteiger charge is 2.54. The van der Waals surface area contributed by atoms with E-state index in [9.17, 15) is 0 Å². The molecule has 104 valence electrons. The Balaban J connectivity index is 1.76. The topological polar surface area (TPSA) is 21.3 Å². The summed E-state index contributed by atoms with van der Waals surface area (Å²) in [5.41, 5.74) is 0.474. The van der Waals surface area contributed by atoms with Gasteiger partial charge in [0.25, 0.3) is 0 Å². The van der Waals surface area contributed by atoms with E-state index in [1.165, 1.54) is 51.5 Å². The monoisotopic (exact) mass is 251 g/mol. The molecule has 0 radical (unpaired) electrons. The fourth-order valence-electron chi connectivity index (χ4n) is 4.35. The quantitative estimate of drug-likeness (QED) is 0.809. The van der Waals surface area contributed by atoms with Crippen molar-refractivity contribution in [3.05, 3.63) is 0 Å². The maximum Gasteiger partial charge on any atom is 0.0675 e. The van der Waals surface area contributed by atoms with E-state index < -0.39 is 0 Å². The van der Waals surface area contributed by atoms with E-state index in [0.29, 0.717) is 17.6 Å². The zero-order chi connectivity index (χ0) is 12.6. The summed E-state index contributed by atoms with van der Waals surface area (Å²) in [6.45, 7) is 6.74. The van der Waals surface area contributed by atoms with Gasteiger partial charge in [-0.15, -0.1) is 0 Å². The van der Waals surface area contributed by atoms with Crippen LogP contribution < -0.4 is 5.32 Å². The molecule has 0 spiro atoms. The smallest absolute Gasteiger partial charge is 0.0675 e. The average molecular weight is 251 g/mol. The molecule has 2 atom stereocenters. The van der Waals surface area contributed by atoms with Gasteiger partial charge in [-0.1, -0.05) is 26.7 Å². The molecule has 2 saturated carbocycles. The zero-order valence-electron chi connectivity index (χ0n) is 12.1. The second-order valence-corrected chi connectivity index (χ2v) is 7.13. The largest absolute Gasteiger partial charge is 0.377 e. The van der Waals surface area contributed by atoms with Gasteiger partial charge in [0.15, 0.2) is 0 Å². The Kier molecular flexibility index (Phi) is 3.68. The molecule has 0 bridgehead atoms. The summed E-state index contributed by atoms with van der Waals surface area (Å²) in [4.78, 5) is 0. The van der Waals surface area contributed by atoms with Gasteiger partial charge in [0.1, 0.15) is 0 Å². The number of hydrogen-bond acceptors (Lipinski definition) is 2. The van der Waals surface area contributed by atoms with Crippen molar-refractivity contribution in [2.75, 3.05) is 13.2 Å². The Labute approximate surface area is 112 Å². The molecule has 3 fully saturated rings. The lowest BCUT2D eigenvalue weighted by atomic mass is 9.68. The normalized spacial score (nSPS) is 37.8. The molecule has 2 unspecified atom stereocenters. The molecule has 1 N–H and O–H groups in total. The number of rotatable bonds is 5. The molecule has 1 aliphatic heterocycles. The van der Waals surface area contributed by atoms with Crippen LogP contribution in [0, 0.1) is 17.3 Å². The van der Waals surface area contributed by atoms with Crippen LogP contribution in [-0.2, 0) is 4.74 Å². The maximum absolute atomic E-state index is 6.20. The van der Waals surface area contributed by atoms with Gasteiger partial charge in [-0.3, -0.25) is 0 Å². The molecule has 3 aliphatic rings. The number of hydrogen-bond donors (Lipinski definition) is 1. The summed E-state index contributed by atoms with van der Waals surface area (Å²) in [7, 11) is 0. The number of ether oxygens (including phenoxy) is 1. The van der Waals surface area contributed by atoms with E-state index in [1.54, 1.807) is 0 Å². The molecule has 3 rings (SSSR count).